The van der Waals surface area contributed by atoms with Crippen molar-refractivity contribution in [3.63, 3.8) is 0 Å². The number of halogens is 2. The van der Waals surface area contributed by atoms with Gasteiger partial charge in [0.1, 0.15) is 5.82 Å². The third-order valence-electron chi connectivity index (χ3n) is 1.94. The standard InChI is InChI=1S/C8H5BClFO2S/c10-4-3-14-6-2-1-5(11)8(7(4)6)9(12)13/h1-3,12-13H. The van der Waals surface area contributed by atoms with E-state index in [0.717, 1.165) is 4.70 Å². The molecule has 2 nitrogen and oxygen atoms in total. The lowest BCUT2D eigenvalue weighted by Gasteiger charge is -2.03. The quantitative estimate of drug-likeness (QED) is 0.727. The van der Waals surface area contributed by atoms with Crippen LogP contribution in [0.25, 0.3) is 10.1 Å². The SMILES string of the molecule is OB(O)c1c(F)ccc2scc(Cl)c12. The summed E-state index contributed by atoms with van der Waals surface area (Å²) in [6, 6.07) is 2.76. The fraction of sp³-hybridized carbons (Fsp3) is 0. The Morgan fingerprint density at radius 3 is 2.71 bits per heavy atom. The average molecular weight is 230 g/mol. The van der Waals surface area contributed by atoms with Crippen LogP contribution in [0.1, 0.15) is 0 Å². The molecule has 0 aliphatic rings. The van der Waals surface area contributed by atoms with Crippen LogP contribution in [0.2, 0.25) is 5.02 Å². The van der Waals surface area contributed by atoms with Gasteiger partial charge in [0, 0.05) is 20.9 Å². The van der Waals surface area contributed by atoms with E-state index in [0.29, 0.717) is 10.4 Å². The van der Waals surface area contributed by atoms with E-state index in [1.54, 1.807) is 11.4 Å². The topological polar surface area (TPSA) is 40.5 Å². The number of fused-ring (bicyclic) bond motifs is 1. The van der Waals surface area contributed by atoms with Gasteiger partial charge in [-0.1, -0.05) is 11.6 Å². The fourth-order valence-electron chi connectivity index (χ4n) is 1.35. The number of thiophene rings is 1. The molecule has 0 aliphatic heterocycles. The normalized spacial score (nSPS) is 10.9. The number of hydrogen-bond donors (Lipinski definition) is 2. The zero-order valence-corrected chi connectivity index (χ0v) is 8.44. The molecule has 0 saturated carbocycles. The molecule has 72 valence electrons. The Kier molecular flexibility index (Phi) is 2.49. The van der Waals surface area contributed by atoms with Gasteiger partial charge in [-0.25, -0.2) is 4.39 Å². The second-order valence-corrected chi connectivity index (χ2v) is 4.11. The molecule has 0 amide bonds. The molecule has 0 bridgehead atoms. The molecule has 0 aliphatic carbocycles. The van der Waals surface area contributed by atoms with Crippen molar-refractivity contribution in [3.05, 3.63) is 28.4 Å². The first kappa shape index (κ1) is 9.92. The first-order valence-electron chi connectivity index (χ1n) is 3.82. The van der Waals surface area contributed by atoms with Crippen molar-refractivity contribution in [1.82, 2.24) is 0 Å². The molecule has 1 heterocycles. The molecule has 0 fully saturated rings. The highest BCUT2D eigenvalue weighted by atomic mass is 35.5. The molecule has 2 aromatic rings. The summed E-state index contributed by atoms with van der Waals surface area (Å²) in [5.41, 5.74) is -0.159. The molecule has 2 N–H and O–H groups in total. The summed E-state index contributed by atoms with van der Waals surface area (Å²) in [7, 11) is -1.84. The van der Waals surface area contributed by atoms with E-state index in [9.17, 15) is 4.39 Å². The van der Waals surface area contributed by atoms with Gasteiger partial charge in [-0.15, -0.1) is 11.3 Å². The monoisotopic (exact) mass is 230 g/mol. The van der Waals surface area contributed by atoms with Crippen LogP contribution in [0.4, 0.5) is 4.39 Å². The van der Waals surface area contributed by atoms with Gasteiger partial charge in [-0.3, -0.25) is 0 Å². The van der Waals surface area contributed by atoms with Crippen molar-refractivity contribution in [2.45, 2.75) is 0 Å². The molecule has 1 aromatic heterocycles. The van der Waals surface area contributed by atoms with E-state index in [1.165, 1.54) is 17.4 Å². The van der Waals surface area contributed by atoms with E-state index >= 15 is 0 Å². The van der Waals surface area contributed by atoms with Gasteiger partial charge in [0.2, 0.25) is 0 Å². The molecule has 0 saturated heterocycles. The third kappa shape index (κ3) is 1.42. The Labute approximate surface area is 88.7 Å². The first-order chi connectivity index (χ1) is 6.61. The molecular weight excluding hydrogens is 225 g/mol. The van der Waals surface area contributed by atoms with Crippen LogP contribution >= 0.6 is 22.9 Å². The van der Waals surface area contributed by atoms with Gasteiger partial charge in [0.05, 0.1) is 5.02 Å². The number of hydrogen-bond acceptors (Lipinski definition) is 3. The van der Waals surface area contributed by atoms with Crippen LogP contribution in [0.5, 0.6) is 0 Å². The maximum absolute atomic E-state index is 13.3. The molecule has 2 rings (SSSR count). The van der Waals surface area contributed by atoms with Crippen molar-refractivity contribution in [1.29, 1.82) is 0 Å². The Morgan fingerprint density at radius 2 is 2.07 bits per heavy atom. The second-order valence-electron chi connectivity index (χ2n) is 2.79. The van der Waals surface area contributed by atoms with Crippen molar-refractivity contribution < 1.29 is 14.4 Å². The molecule has 0 unspecified atom stereocenters. The van der Waals surface area contributed by atoms with Crippen LogP contribution in [0.15, 0.2) is 17.5 Å². The average Bonchev–Trinajstić information content (AvgIpc) is 2.47. The summed E-state index contributed by atoms with van der Waals surface area (Å²) in [6.07, 6.45) is 0. The molecule has 1 aromatic carbocycles. The van der Waals surface area contributed by atoms with Gasteiger partial charge in [-0.2, -0.15) is 0 Å². The van der Waals surface area contributed by atoms with Gasteiger partial charge < -0.3 is 10.0 Å². The minimum atomic E-state index is -1.84. The van der Waals surface area contributed by atoms with E-state index in [-0.39, 0.29) is 5.46 Å². The van der Waals surface area contributed by atoms with Crippen LogP contribution in [0, 0.1) is 5.82 Å². The van der Waals surface area contributed by atoms with Crippen molar-refractivity contribution in [2.24, 2.45) is 0 Å². The third-order valence-corrected chi connectivity index (χ3v) is 3.32. The largest absolute Gasteiger partial charge is 0.492 e. The highest BCUT2D eigenvalue weighted by molar-refractivity contribution is 7.18. The predicted molar refractivity (Wildman–Crippen MR) is 56.6 cm³/mol. The second kappa shape index (κ2) is 3.51. The van der Waals surface area contributed by atoms with Crippen LogP contribution < -0.4 is 5.46 Å². The van der Waals surface area contributed by atoms with Gasteiger partial charge in [0.15, 0.2) is 0 Å². The molecule has 0 atom stereocenters. The van der Waals surface area contributed by atoms with Crippen LogP contribution in [-0.2, 0) is 0 Å². The lowest BCUT2D eigenvalue weighted by Crippen LogP contribution is -2.33. The Hall–Kier alpha value is -0.615. The Bertz CT molecular complexity index is 485. The summed E-state index contributed by atoms with van der Waals surface area (Å²) in [6.45, 7) is 0. The molecule has 6 heteroatoms. The summed E-state index contributed by atoms with van der Waals surface area (Å²) in [5, 5.41) is 20.4. The smallest absolute Gasteiger partial charge is 0.423 e. The predicted octanol–water partition coefficient (Wildman–Crippen LogP) is 1.37. The van der Waals surface area contributed by atoms with Gasteiger partial charge in [-0.05, 0) is 12.1 Å². The Morgan fingerprint density at radius 1 is 1.36 bits per heavy atom. The number of rotatable bonds is 1. The highest BCUT2D eigenvalue weighted by Gasteiger charge is 2.22. The van der Waals surface area contributed by atoms with Crippen LogP contribution in [0.3, 0.4) is 0 Å². The fourth-order valence-corrected chi connectivity index (χ4v) is 2.57. The molecular formula is C8H5BClFO2S. The van der Waals surface area contributed by atoms with Gasteiger partial charge in [0.25, 0.3) is 0 Å². The molecule has 0 radical (unpaired) electrons. The summed E-state index contributed by atoms with van der Waals surface area (Å²) in [5.74, 6) is -0.659. The molecule has 14 heavy (non-hydrogen) atoms. The summed E-state index contributed by atoms with van der Waals surface area (Å²) < 4.78 is 14.0. The summed E-state index contributed by atoms with van der Waals surface area (Å²) in [4.78, 5) is 0. The van der Waals surface area contributed by atoms with Crippen molar-refractivity contribution in [2.75, 3.05) is 0 Å². The minimum absolute atomic E-state index is 0.159. The highest BCUT2D eigenvalue weighted by Crippen LogP contribution is 2.29. The van der Waals surface area contributed by atoms with E-state index in [2.05, 4.69) is 0 Å². The van der Waals surface area contributed by atoms with Crippen molar-refractivity contribution >= 4 is 45.6 Å². The Balaban J connectivity index is 2.87. The maximum Gasteiger partial charge on any atom is 0.492 e. The first-order valence-corrected chi connectivity index (χ1v) is 5.08. The van der Waals surface area contributed by atoms with E-state index in [1.807, 2.05) is 0 Å². The zero-order chi connectivity index (χ0) is 10.3. The minimum Gasteiger partial charge on any atom is -0.423 e. The van der Waals surface area contributed by atoms with Crippen molar-refractivity contribution in [3.8, 4) is 0 Å². The maximum atomic E-state index is 13.3. The van der Waals surface area contributed by atoms with E-state index < -0.39 is 12.9 Å². The van der Waals surface area contributed by atoms with Crippen LogP contribution in [-0.4, -0.2) is 17.2 Å². The lowest BCUT2D eigenvalue weighted by atomic mass is 9.78. The van der Waals surface area contributed by atoms with Gasteiger partial charge >= 0.3 is 7.12 Å². The zero-order valence-electron chi connectivity index (χ0n) is 6.87. The van der Waals surface area contributed by atoms with E-state index in [4.69, 9.17) is 21.6 Å². The summed E-state index contributed by atoms with van der Waals surface area (Å²) >= 11 is 7.15. The number of benzene rings is 1. The molecule has 0 spiro atoms. The lowest BCUT2D eigenvalue weighted by molar-refractivity contribution is 0.423.